The second kappa shape index (κ2) is 5.31. The van der Waals surface area contributed by atoms with Crippen molar-refractivity contribution in [2.45, 2.75) is 19.1 Å². The Morgan fingerprint density at radius 2 is 2.00 bits per heavy atom. The van der Waals surface area contributed by atoms with E-state index in [0.29, 0.717) is 16.5 Å². The van der Waals surface area contributed by atoms with Gasteiger partial charge in [-0.3, -0.25) is 4.79 Å². The summed E-state index contributed by atoms with van der Waals surface area (Å²) < 4.78 is 11.3. The van der Waals surface area contributed by atoms with Crippen LogP contribution in [0.2, 0.25) is 0 Å². The van der Waals surface area contributed by atoms with Crippen LogP contribution in [-0.2, 0) is 4.79 Å². The molecule has 1 N–H and O–H groups in total. The van der Waals surface area contributed by atoms with E-state index < -0.39 is 6.10 Å². The molecule has 1 heterocycles. The topological polar surface area (TPSA) is 47.6 Å². The number of carbonyl (C=O) groups excluding carboxylic acids is 1. The number of fused-ring (bicyclic) bond motifs is 1. The van der Waals surface area contributed by atoms with E-state index >= 15 is 0 Å². The zero-order chi connectivity index (χ0) is 13.1. The minimum absolute atomic E-state index is 0.217. The number of carbonyl (C=O) groups is 1. The van der Waals surface area contributed by atoms with Crippen molar-refractivity contribution in [1.29, 1.82) is 0 Å². The number of halogens is 1. The average Bonchev–Trinajstić information content (AvgIpc) is 2.35. The first-order valence-corrected chi connectivity index (χ1v) is 5.99. The number of hydrogen-bond acceptors (Lipinski definition) is 3. The molecule has 2 unspecified atom stereocenters. The Morgan fingerprint density at radius 3 is 2.61 bits per heavy atom. The molecular formula is C13H14ClNO3. The maximum Gasteiger partial charge on any atom is 0.265 e. The van der Waals surface area contributed by atoms with Gasteiger partial charge in [0.05, 0.1) is 6.54 Å². The molecule has 2 rings (SSSR count). The molecule has 96 valence electrons. The fraction of sp³-hybridized carbons (Fsp3) is 0.308. The number of rotatable bonds is 3. The van der Waals surface area contributed by atoms with Crippen LogP contribution in [0.5, 0.6) is 11.5 Å². The zero-order valence-electron chi connectivity index (χ0n) is 9.98. The highest BCUT2D eigenvalue weighted by atomic mass is 35.5. The molecule has 0 fully saturated rings. The van der Waals surface area contributed by atoms with Gasteiger partial charge in [-0.1, -0.05) is 30.3 Å². The van der Waals surface area contributed by atoms with E-state index in [1.807, 2.05) is 12.1 Å². The van der Waals surface area contributed by atoms with Crippen molar-refractivity contribution >= 4 is 17.5 Å². The molecular weight excluding hydrogens is 254 g/mol. The molecule has 1 aliphatic heterocycles. The molecule has 1 aromatic rings. The third-order valence-electron chi connectivity index (χ3n) is 2.56. The molecule has 0 saturated carbocycles. The molecule has 0 saturated heterocycles. The predicted molar refractivity (Wildman–Crippen MR) is 69.0 cm³/mol. The minimum Gasteiger partial charge on any atom is -0.482 e. The molecule has 2 atom stereocenters. The van der Waals surface area contributed by atoms with Gasteiger partial charge in [0.25, 0.3) is 5.91 Å². The summed E-state index contributed by atoms with van der Waals surface area (Å²) in [4.78, 5) is 11.9. The van der Waals surface area contributed by atoms with Gasteiger partial charge in [-0.05, 0) is 19.1 Å². The lowest BCUT2D eigenvalue weighted by atomic mass is 10.1. The van der Waals surface area contributed by atoms with E-state index in [9.17, 15) is 4.79 Å². The summed E-state index contributed by atoms with van der Waals surface area (Å²) in [5.74, 6) is 0.954. The first-order chi connectivity index (χ1) is 8.58. The number of hydrogen-bond donors (Lipinski definition) is 1. The lowest BCUT2D eigenvalue weighted by Crippen LogP contribution is -2.49. The SMILES string of the molecule is C=C(Cl)CNC(=O)C1Oc2ccccc2OC1C. The van der Waals surface area contributed by atoms with E-state index in [2.05, 4.69) is 11.9 Å². The molecule has 1 aromatic carbocycles. The van der Waals surface area contributed by atoms with E-state index in [-0.39, 0.29) is 18.6 Å². The van der Waals surface area contributed by atoms with Crippen LogP contribution in [0.25, 0.3) is 0 Å². The smallest absolute Gasteiger partial charge is 0.265 e. The quantitative estimate of drug-likeness (QED) is 0.912. The second-order valence-corrected chi connectivity index (χ2v) is 4.58. The van der Waals surface area contributed by atoms with Gasteiger partial charge in [-0.2, -0.15) is 0 Å². The Bertz CT molecular complexity index is 475. The van der Waals surface area contributed by atoms with E-state index in [1.54, 1.807) is 19.1 Å². The molecule has 5 heteroatoms. The van der Waals surface area contributed by atoms with Gasteiger partial charge in [0, 0.05) is 5.03 Å². The summed E-state index contributed by atoms with van der Waals surface area (Å²) >= 11 is 5.60. The fourth-order valence-electron chi connectivity index (χ4n) is 1.69. The highest BCUT2D eigenvalue weighted by Crippen LogP contribution is 2.33. The highest BCUT2D eigenvalue weighted by molar-refractivity contribution is 6.29. The third kappa shape index (κ3) is 2.76. The maximum absolute atomic E-state index is 11.9. The van der Waals surface area contributed by atoms with Crippen molar-refractivity contribution < 1.29 is 14.3 Å². The molecule has 0 radical (unpaired) electrons. The summed E-state index contributed by atoms with van der Waals surface area (Å²) in [6.07, 6.45) is -1.04. The van der Waals surface area contributed by atoms with Gasteiger partial charge in [0.15, 0.2) is 11.5 Å². The van der Waals surface area contributed by atoms with E-state index in [0.717, 1.165) is 0 Å². The summed E-state index contributed by atoms with van der Waals surface area (Å²) in [6.45, 7) is 5.51. The Morgan fingerprint density at radius 1 is 1.39 bits per heavy atom. The van der Waals surface area contributed by atoms with Crippen LogP contribution in [0.1, 0.15) is 6.92 Å². The van der Waals surface area contributed by atoms with E-state index in [4.69, 9.17) is 21.1 Å². The van der Waals surface area contributed by atoms with Crippen molar-refractivity contribution in [3.8, 4) is 11.5 Å². The number of nitrogens with one attached hydrogen (secondary N) is 1. The lowest BCUT2D eigenvalue weighted by molar-refractivity contribution is -0.133. The number of ether oxygens (including phenoxy) is 2. The van der Waals surface area contributed by atoms with Gasteiger partial charge in [0.2, 0.25) is 6.10 Å². The number of para-hydroxylation sites is 2. The molecule has 1 aliphatic rings. The molecule has 1 amide bonds. The van der Waals surface area contributed by atoms with Crippen molar-refractivity contribution in [2.24, 2.45) is 0 Å². The predicted octanol–water partition coefficient (Wildman–Crippen LogP) is 2.08. The summed E-state index contributed by atoms with van der Waals surface area (Å²) in [5, 5.41) is 3.01. The molecule has 0 spiro atoms. The number of amides is 1. The number of benzene rings is 1. The van der Waals surface area contributed by atoms with Crippen LogP contribution >= 0.6 is 11.6 Å². The third-order valence-corrected chi connectivity index (χ3v) is 2.69. The zero-order valence-corrected chi connectivity index (χ0v) is 10.7. The first-order valence-electron chi connectivity index (χ1n) is 5.61. The maximum atomic E-state index is 11.9. The van der Waals surface area contributed by atoms with Crippen LogP contribution in [-0.4, -0.2) is 24.7 Å². The van der Waals surface area contributed by atoms with Gasteiger partial charge < -0.3 is 14.8 Å². The minimum atomic E-state index is -0.684. The monoisotopic (exact) mass is 267 g/mol. The van der Waals surface area contributed by atoms with Gasteiger partial charge in [-0.15, -0.1) is 0 Å². The molecule has 0 aromatic heterocycles. The largest absolute Gasteiger partial charge is 0.482 e. The fourth-order valence-corrected chi connectivity index (χ4v) is 1.76. The summed E-state index contributed by atoms with van der Waals surface area (Å²) in [6, 6.07) is 7.25. The highest BCUT2D eigenvalue weighted by Gasteiger charge is 2.33. The molecule has 0 aliphatic carbocycles. The Balaban J connectivity index is 2.07. The molecule has 18 heavy (non-hydrogen) atoms. The lowest BCUT2D eigenvalue weighted by Gasteiger charge is -2.30. The Labute approximate surface area is 111 Å². The molecule has 4 nitrogen and oxygen atoms in total. The van der Waals surface area contributed by atoms with Gasteiger partial charge >= 0.3 is 0 Å². The van der Waals surface area contributed by atoms with Crippen LogP contribution in [0.3, 0.4) is 0 Å². The first kappa shape index (κ1) is 12.8. The van der Waals surface area contributed by atoms with Crippen LogP contribution in [0.4, 0.5) is 0 Å². The normalized spacial score (nSPS) is 21.2. The van der Waals surface area contributed by atoms with Gasteiger partial charge in [0.1, 0.15) is 6.10 Å². The standard InChI is InChI=1S/C13H14ClNO3/c1-8(14)7-15-13(16)12-9(2)17-10-5-3-4-6-11(10)18-12/h3-6,9,12H,1,7H2,2H3,(H,15,16). The summed E-state index contributed by atoms with van der Waals surface area (Å²) in [7, 11) is 0. The van der Waals surface area contributed by atoms with Crippen LogP contribution < -0.4 is 14.8 Å². The van der Waals surface area contributed by atoms with Crippen LogP contribution in [0, 0.1) is 0 Å². The van der Waals surface area contributed by atoms with Crippen molar-refractivity contribution in [3.05, 3.63) is 35.9 Å². The van der Waals surface area contributed by atoms with Gasteiger partial charge in [-0.25, -0.2) is 0 Å². The van der Waals surface area contributed by atoms with Crippen LogP contribution in [0.15, 0.2) is 35.9 Å². The Hall–Kier alpha value is -1.68. The Kier molecular flexibility index (Phi) is 3.77. The second-order valence-electron chi connectivity index (χ2n) is 4.04. The average molecular weight is 268 g/mol. The van der Waals surface area contributed by atoms with Crippen molar-refractivity contribution in [1.82, 2.24) is 5.32 Å². The van der Waals surface area contributed by atoms with Crippen molar-refractivity contribution in [2.75, 3.05) is 6.54 Å². The van der Waals surface area contributed by atoms with Crippen molar-refractivity contribution in [3.63, 3.8) is 0 Å². The summed E-state index contributed by atoms with van der Waals surface area (Å²) in [5.41, 5.74) is 0. The van der Waals surface area contributed by atoms with E-state index in [1.165, 1.54) is 0 Å². The molecule has 0 bridgehead atoms.